The van der Waals surface area contributed by atoms with E-state index in [2.05, 4.69) is 43.0 Å². The lowest BCUT2D eigenvalue weighted by Crippen LogP contribution is -1.85. The Morgan fingerprint density at radius 1 is 1.00 bits per heavy atom. The van der Waals surface area contributed by atoms with Crippen molar-refractivity contribution in [1.82, 2.24) is 0 Å². The smallest absolute Gasteiger partial charge is 0.172 e. The quantitative estimate of drug-likeness (QED) is 0.636. The SMILES string of the molecule is CCCCCc1ccc(C#Cc2ccc(O)s2)cc1. The van der Waals surface area contributed by atoms with E-state index in [0.717, 1.165) is 16.9 Å². The Labute approximate surface area is 118 Å². The molecule has 0 fully saturated rings. The summed E-state index contributed by atoms with van der Waals surface area (Å²) in [5, 5.41) is 9.56. The van der Waals surface area contributed by atoms with Gasteiger partial charge in [-0.2, -0.15) is 0 Å². The highest BCUT2D eigenvalue weighted by Gasteiger charge is 1.95. The first-order valence-corrected chi connectivity index (χ1v) is 7.49. The second-order valence-electron chi connectivity index (χ2n) is 4.54. The van der Waals surface area contributed by atoms with Crippen molar-refractivity contribution < 1.29 is 5.11 Å². The second-order valence-corrected chi connectivity index (χ2v) is 5.60. The maximum Gasteiger partial charge on any atom is 0.172 e. The number of benzene rings is 1. The lowest BCUT2D eigenvalue weighted by molar-refractivity contribution is 0.491. The normalized spacial score (nSPS) is 9.95. The molecule has 0 saturated carbocycles. The van der Waals surface area contributed by atoms with E-state index in [-0.39, 0.29) is 0 Å². The Morgan fingerprint density at radius 3 is 2.42 bits per heavy atom. The van der Waals surface area contributed by atoms with Gasteiger partial charge >= 0.3 is 0 Å². The van der Waals surface area contributed by atoms with E-state index < -0.39 is 0 Å². The Balaban J connectivity index is 1.97. The van der Waals surface area contributed by atoms with Crippen LogP contribution in [0.1, 0.15) is 42.2 Å². The van der Waals surface area contributed by atoms with Gasteiger partial charge in [0.05, 0.1) is 4.88 Å². The fourth-order valence-corrected chi connectivity index (χ4v) is 2.46. The van der Waals surface area contributed by atoms with Gasteiger partial charge in [0.15, 0.2) is 5.06 Å². The first kappa shape index (κ1) is 13.7. The molecule has 98 valence electrons. The highest BCUT2D eigenvalue weighted by molar-refractivity contribution is 7.14. The number of hydrogen-bond donors (Lipinski definition) is 1. The predicted octanol–water partition coefficient (Wildman–Crippen LogP) is 4.59. The third-order valence-electron chi connectivity index (χ3n) is 2.94. The van der Waals surface area contributed by atoms with Gasteiger partial charge in [-0.1, -0.05) is 55.1 Å². The molecular weight excluding hydrogens is 252 g/mol. The molecule has 0 atom stereocenters. The molecule has 1 heterocycles. The number of aryl methyl sites for hydroxylation is 1. The van der Waals surface area contributed by atoms with E-state index in [9.17, 15) is 5.11 Å². The zero-order valence-corrected chi connectivity index (χ0v) is 12.0. The highest BCUT2D eigenvalue weighted by Crippen LogP contribution is 2.21. The molecule has 0 bridgehead atoms. The van der Waals surface area contributed by atoms with Crippen LogP contribution in [0, 0.1) is 11.8 Å². The van der Waals surface area contributed by atoms with Crippen LogP contribution in [0.5, 0.6) is 5.06 Å². The molecule has 0 unspecified atom stereocenters. The summed E-state index contributed by atoms with van der Waals surface area (Å²) in [7, 11) is 0. The number of thiophene rings is 1. The number of unbranched alkanes of at least 4 members (excludes halogenated alkanes) is 2. The van der Waals surface area contributed by atoms with E-state index in [0.29, 0.717) is 5.06 Å². The number of rotatable bonds is 4. The summed E-state index contributed by atoms with van der Waals surface area (Å²) in [6, 6.07) is 12.0. The van der Waals surface area contributed by atoms with Crippen molar-refractivity contribution in [2.24, 2.45) is 0 Å². The molecule has 1 aromatic carbocycles. The van der Waals surface area contributed by atoms with Gasteiger partial charge in [0.2, 0.25) is 0 Å². The standard InChI is InChI=1S/C17H18OS/c1-2-3-4-5-14-6-8-15(9-7-14)10-11-16-12-13-17(18)19-16/h6-9,12-13,18H,2-5H2,1H3. The fourth-order valence-electron chi connectivity index (χ4n) is 1.86. The van der Waals surface area contributed by atoms with Gasteiger partial charge in [-0.3, -0.25) is 0 Å². The molecule has 0 spiro atoms. The topological polar surface area (TPSA) is 20.2 Å². The minimum atomic E-state index is 0.315. The van der Waals surface area contributed by atoms with Crippen LogP contribution in [-0.4, -0.2) is 5.11 Å². The maximum absolute atomic E-state index is 9.24. The number of aromatic hydroxyl groups is 1. The van der Waals surface area contributed by atoms with E-state index in [1.54, 1.807) is 6.07 Å². The van der Waals surface area contributed by atoms with E-state index >= 15 is 0 Å². The van der Waals surface area contributed by atoms with Crippen LogP contribution in [0.3, 0.4) is 0 Å². The fraction of sp³-hybridized carbons (Fsp3) is 0.294. The third-order valence-corrected chi connectivity index (χ3v) is 3.75. The molecule has 2 heteroatoms. The Morgan fingerprint density at radius 2 is 1.79 bits per heavy atom. The molecule has 1 nitrogen and oxygen atoms in total. The van der Waals surface area contributed by atoms with E-state index in [1.807, 2.05) is 6.07 Å². The lowest BCUT2D eigenvalue weighted by Gasteiger charge is -2.00. The summed E-state index contributed by atoms with van der Waals surface area (Å²) in [5.41, 5.74) is 2.40. The summed E-state index contributed by atoms with van der Waals surface area (Å²) >= 11 is 1.31. The van der Waals surface area contributed by atoms with Crippen LogP contribution >= 0.6 is 11.3 Å². The molecule has 2 rings (SSSR count). The van der Waals surface area contributed by atoms with Crippen molar-refractivity contribution in [1.29, 1.82) is 0 Å². The van der Waals surface area contributed by atoms with Crippen LogP contribution in [0.25, 0.3) is 0 Å². The molecular formula is C17H18OS. The van der Waals surface area contributed by atoms with Crippen molar-refractivity contribution in [3.05, 3.63) is 52.4 Å². The molecule has 19 heavy (non-hydrogen) atoms. The van der Waals surface area contributed by atoms with Gasteiger partial charge in [0.1, 0.15) is 0 Å². The van der Waals surface area contributed by atoms with Gasteiger partial charge in [-0.15, -0.1) is 0 Å². The molecule has 0 aliphatic rings. The Bertz CT molecular complexity index is 569. The lowest BCUT2D eigenvalue weighted by atomic mass is 10.1. The number of hydrogen-bond acceptors (Lipinski definition) is 2. The molecule has 0 radical (unpaired) electrons. The largest absolute Gasteiger partial charge is 0.499 e. The van der Waals surface area contributed by atoms with E-state index in [1.165, 1.54) is 36.2 Å². The van der Waals surface area contributed by atoms with Crippen molar-refractivity contribution in [2.75, 3.05) is 0 Å². The Kier molecular flexibility index (Phi) is 5.06. The summed E-state index contributed by atoms with van der Waals surface area (Å²) in [6.07, 6.45) is 4.97. The van der Waals surface area contributed by atoms with Crippen LogP contribution < -0.4 is 0 Å². The zero-order valence-electron chi connectivity index (χ0n) is 11.1. The van der Waals surface area contributed by atoms with E-state index in [4.69, 9.17) is 0 Å². The molecule has 0 aliphatic carbocycles. The second kappa shape index (κ2) is 7.01. The highest BCUT2D eigenvalue weighted by atomic mass is 32.1. The zero-order chi connectivity index (χ0) is 13.5. The first-order chi connectivity index (χ1) is 9.28. The summed E-state index contributed by atoms with van der Waals surface area (Å²) in [6.45, 7) is 2.22. The van der Waals surface area contributed by atoms with Crippen molar-refractivity contribution in [2.45, 2.75) is 32.6 Å². The molecule has 1 aromatic heterocycles. The van der Waals surface area contributed by atoms with Crippen LogP contribution in [-0.2, 0) is 6.42 Å². The summed E-state index contributed by atoms with van der Waals surface area (Å²) < 4.78 is 0. The van der Waals surface area contributed by atoms with Gasteiger partial charge in [-0.05, 0) is 42.7 Å². The molecule has 0 aliphatic heterocycles. The monoisotopic (exact) mass is 270 g/mol. The summed E-state index contributed by atoms with van der Waals surface area (Å²) in [4.78, 5) is 0.893. The van der Waals surface area contributed by atoms with Crippen molar-refractivity contribution in [3.8, 4) is 16.9 Å². The minimum Gasteiger partial charge on any atom is -0.499 e. The van der Waals surface area contributed by atoms with Crippen molar-refractivity contribution >= 4 is 11.3 Å². The first-order valence-electron chi connectivity index (χ1n) is 6.67. The minimum absolute atomic E-state index is 0.315. The molecule has 1 N–H and O–H groups in total. The van der Waals surface area contributed by atoms with Crippen LogP contribution in [0.4, 0.5) is 0 Å². The van der Waals surface area contributed by atoms with Gasteiger partial charge in [0, 0.05) is 5.56 Å². The summed E-state index contributed by atoms with van der Waals surface area (Å²) in [5.74, 6) is 6.18. The maximum atomic E-state index is 9.24. The molecule has 2 aromatic rings. The van der Waals surface area contributed by atoms with Gasteiger partial charge < -0.3 is 5.11 Å². The predicted molar refractivity (Wildman–Crippen MR) is 81.6 cm³/mol. The third kappa shape index (κ3) is 4.46. The average Bonchev–Trinajstić information content (AvgIpc) is 2.84. The van der Waals surface area contributed by atoms with Gasteiger partial charge in [0.25, 0.3) is 0 Å². The van der Waals surface area contributed by atoms with Crippen LogP contribution in [0.2, 0.25) is 0 Å². The Hall–Kier alpha value is -1.72. The van der Waals surface area contributed by atoms with Crippen LogP contribution in [0.15, 0.2) is 36.4 Å². The molecule has 0 amide bonds. The van der Waals surface area contributed by atoms with Crippen molar-refractivity contribution in [3.63, 3.8) is 0 Å². The van der Waals surface area contributed by atoms with Gasteiger partial charge in [-0.25, -0.2) is 0 Å². The average molecular weight is 270 g/mol. The molecule has 0 saturated heterocycles.